The molecule has 0 aromatic carbocycles. The molecular formula is C21H22N8. The predicted octanol–water partition coefficient (Wildman–Crippen LogP) is 1.95. The van der Waals surface area contributed by atoms with Crippen LogP contribution in [0, 0.1) is 0 Å². The first-order chi connectivity index (χ1) is 14.4. The second-order valence-corrected chi connectivity index (χ2v) is 6.85. The molecule has 0 aliphatic carbocycles. The summed E-state index contributed by atoms with van der Waals surface area (Å²) in [5.74, 6) is 0.981. The third-order valence-corrected chi connectivity index (χ3v) is 5.01. The molecule has 0 saturated carbocycles. The van der Waals surface area contributed by atoms with Crippen molar-refractivity contribution in [1.29, 1.82) is 0 Å². The number of anilines is 2. The van der Waals surface area contributed by atoms with Crippen molar-refractivity contribution in [3.63, 3.8) is 0 Å². The van der Waals surface area contributed by atoms with Gasteiger partial charge in [-0.2, -0.15) is 5.10 Å². The van der Waals surface area contributed by atoms with Gasteiger partial charge in [0.15, 0.2) is 0 Å². The van der Waals surface area contributed by atoms with Crippen molar-refractivity contribution >= 4 is 17.2 Å². The van der Waals surface area contributed by atoms with E-state index >= 15 is 0 Å². The third-order valence-electron chi connectivity index (χ3n) is 5.01. The molecule has 2 aliphatic heterocycles. The van der Waals surface area contributed by atoms with Crippen LogP contribution in [0.2, 0.25) is 0 Å². The van der Waals surface area contributed by atoms with Gasteiger partial charge in [-0.3, -0.25) is 15.4 Å². The molecular weight excluding hydrogens is 364 g/mol. The van der Waals surface area contributed by atoms with Gasteiger partial charge in [0, 0.05) is 57.0 Å². The minimum absolute atomic E-state index is 0.959. The molecule has 2 N–H and O–H groups in total. The summed E-state index contributed by atoms with van der Waals surface area (Å²) < 4.78 is 1.94. The van der Waals surface area contributed by atoms with E-state index in [9.17, 15) is 0 Å². The second-order valence-electron chi connectivity index (χ2n) is 6.85. The van der Waals surface area contributed by atoms with Crippen molar-refractivity contribution in [1.82, 2.24) is 30.5 Å². The minimum Gasteiger partial charge on any atom is -0.354 e. The fourth-order valence-corrected chi connectivity index (χ4v) is 3.55. The smallest absolute Gasteiger partial charge is 0.130 e. The van der Waals surface area contributed by atoms with E-state index in [4.69, 9.17) is 0 Å². The maximum Gasteiger partial charge on any atom is 0.130 e. The van der Waals surface area contributed by atoms with Crippen LogP contribution in [0.15, 0.2) is 73.5 Å². The molecule has 1 fully saturated rings. The highest BCUT2D eigenvalue weighted by molar-refractivity contribution is 5.69. The first-order valence-corrected chi connectivity index (χ1v) is 9.69. The van der Waals surface area contributed by atoms with Gasteiger partial charge in [-0.05, 0) is 36.4 Å². The van der Waals surface area contributed by atoms with Crippen molar-refractivity contribution in [2.45, 2.75) is 0 Å². The van der Waals surface area contributed by atoms with Crippen LogP contribution in [0.5, 0.6) is 0 Å². The summed E-state index contributed by atoms with van der Waals surface area (Å²) in [4.78, 5) is 11.0. The topological polar surface area (TPSA) is 74.1 Å². The summed E-state index contributed by atoms with van der Waals surface area (Å²) in [6.45, 7) is 3.88. The zero-order valence-corrected chi connectivity index (χ0v) is 15.9. The first-order valence-electron chi connectivity index (χ1n) is 9.69. The van der Waals surface area contributed by atoms with Gasteiger partial charge in [-0.1, -0.05) is 0 Å². The molecule has 3 aromatic heterocycles. The Morgan fingerprint density at radius 2 is 1.72 bits per heavy atom. The van der Waals surface area contributed by atoms with E-state index in [2.05, 4.69) is 36.8 Å². The molecule has 0 amide bonds. The molecule has 0 bridgehead atoms. The van der Waals surface area contributed by atoms with Gasteiger partial charge in [0.25, 0.3) is 0 Å². The molecule has 1 saturated heterocycles. The third kappa shape index (κ3) is 3.57. The zero-order chi connectivity index (χ0) is 19.5. The molecule has 8 heteroatoms. The quantitative estimate of drug-likeness (QED) is 0.710. The fourth-order valence-electron chi connectivity index (χ4n) is 3.55. The number of nitrogens with one attached hydrogen (secondary N) is 2. The Bertz CT molecular complexity index is 1030. The van der Waals surface area contributed by atoms with E-state index in [-0.39, 0.29) is 0 Å². The van der Waals surface area contributed by atoms with E-state index in [1.807, 2.05) is 64.7 Å². The first kappa shape index (κ1) is 17.4. The van der Waals surface area contributed by atoms with Gasteiger partial charge in [-0.25, -0.2) is 9.67 Å². The molecule has 0 spiro atoms. The van der Waals surface area contributed by atoms with Gasteiger partial charge in [0.05, 0.1) is 29.0 Å². The molecule has 8 nitrogen and oxygen atoms in total. The average Bonchev–Trinajstić information content (AvgIpc) is 3.31. The standard InChI is InChI=1S/C21H22N8/c1-2-19(26-28(13-1)17-3-7-22-8-4-17)20-6-10-25-29(20)18-5-9-24-21(16-18)27-14-11-23-12-15-27/h1-10,13,16,23,26H,11-12,14-15H2. The Kier molecular flexibility index (Phi) is 4.67. The number of hydrazine groups is 1. The van der Waals surface area contributed by atoms with Gasteiger partial charge < -0.3 is 10.2 Å². The maximum absolute atomic E-state index is 4.57. The van der Waals surface area contributed by atoms with Crippen LogP contribution in [0.3, 0.4) is 0 Å². The molecule has 5 rings (SSSR count). The lowest BCUT2D eigenvalue weighted by Crippen LogP contribution is -2.43. The zero-order valence-electron chi connectivity index (χ0n) is 15.9. The number of hydrogen-bond donors (Lipinski definition) is 2. The molecule has 2 aliphatic rings. The minimum atomic E-state index is 0.959. The molecule has 146 valence electrons. The summed E-state index contributed by atoms with van der Waals surface area (Å²) in [5, 5.41) is 9.91. The Labute approximate surface area is 169 Å². The second kappa shape index (κ2) is 7.76. The summed E-state index contributed by atoms with van der Waals surface area (Å²) >= 11 is 0. The van der Waals surface area contributed by atoms with Gasteiger partial charge in [0.1, 0.15) is 5.82 Å². The van der Waals surface area contributed by atoms with Gasteiger partial charge in [0.2, 0.25) is 0 Å². The molecule has 29 heavy (non-hydrogen) atoms. The maximum atomic E-state index is 4.57. The summed E-state index contributed by atoms with van der Waals surface area (Å²) in [7, 11) is 0. The van der Waals surface area contributed by atoms with E-state index in [1.165, 1.54) is 0 Å². The highest BCUT2D eigenvalue weighted by Gasteiger charge is 2.17. The number of rotatable bonds is 4. The number of hydrogen-bond acceptors (Lipinski definition) is 7. The molecule has 5 heterocycles. The monoisotopic (exact) mass is 386 g/mol. The largest absolute Gasteiger partial charge is 0.354 e. The lowest BCUT2D eigenvalue weighted by atomic mass is 10.2. The van der Waals surface area contributed by atoms with Crippen LogP contribution in [0.4, 0.5) is 11.5 Å². The van der Waals surface area contributed by atoms with Gasteiger partial charge >= 0.3 is 0 Å². The Morgan fingerprint density at radius 1 is 0.897 bits per heavy atom. The summed E-state index contributed by atoms with van der Waals surface area (Å²) in [6.07, 6.45) is 13.3. The van der Waals surface area contributed by atoms with E-state index in [1.54, 1.807) is 12.4 Å². The predicted molar refractivity (Wildman–Crippen MR) is 113 cm³/mol. The van der Waals surface area contributed by atoms with Crippen LogP contribution < -0.4 is 20.7 Å². The fraction of sp³-hybridized carbons (Fsp3) is 0.190. The highest BCUT2D eigenvalue weighted by Crippen LogP contribution is 2.23. The van der Waals surface area contributed by atoms with Crippen LogP contribution in [-0.2, 0) is 0 Å². The van der Waals surface area contributed by atoms with Crippen molar-refractivity contribution in [3.8, 4) is 5.69 Å². The van der Waals surface area contributed by atoms with Crippen molar-refractivity contribution in [3.05, 3.63) is 79.2 Å². The molecule has 0 atom stereocenters. The van der Waals surface area contributed by atoms with Crippen molar-refractivity contribution < 1.29 is 0 Å². The number of piperazine rings is 1. The molecule has 0 unspecified atom stereocenters. The van der Waals surface area contributed by atoms with Crippen molar-refractivity contribution in [2.24, 2.45) is 0 Å². The number of nitrogens with zero attached hydrogens (tertiary/aromatic N) is 6. The van der Waals surface area contributed by atoms with Gasteiger partial charge in [-0.15, -0.1) is 0 Å². The number of allylic oxidation sites excluding steroid dienone is 2. The Hall–Kier alpha value is -3.65. The van der Waals surface area contributed by atoms with E-state index in [0.29, 0.717) is 0 Å². The molecule has 0 radical (unpaired) electrons. The Balaban J connectivity index is 1.43. The lowest BCUT2D eigenvalue weighted by molar-refractivity contribution is 0.585. The van der Waals surface area contributed by atoms with Crippen LogP contribution in [0.25, 0.3) is 11.4 Å². The van der Waals surface area contributed by atoms with Crippen LogP contribution >= 0.6 is 0 Å². The van der Waals surface area contributed by atoms with E-state index in [0.717, 1.165) is 54.8 Å². The average molecular weight is 386 g/mol. The van der Waals surface area contributed by atoms with Crippen LogP contribution in [0.1, 0.15) is 5.69 Å². The normalized spacial score (nSPS) is 16.5. The SMILES string of the molecule is C1=CN(c2ccncc2)NC(c2ccnn2-c2ccnc(N3CCNCC3)c2)=C1. The molecule has 3 aromatic rings. The number of pyridine rings is 2. The summed E-state index contributed by atoms with van der Waals surface area (Å²) in [6, 6.07) is 10.0. The Morgan fingerprint density at radius 3 is 2.59 bits per heavy atom. The highest BCUT2D eigenvalue weighted by atomic mass is 15.5. The van der Waals surface area contributed by atoms with E-state index < -0.39 is 0 Å². The van der Waals surface area contributed by atoms with Crippen molar-refractivity contribution in [2.75, 3.05) is 36.1 Å². The number of aromatic nitrogens is 4. The van der Waals surface area contributed by atoms with Crippen LogP contribution in [-0.4, -0.2) is 45.9 Å². The lowest BCUT2D eigenvalue weighted by Gasteiger charge is -2.29. The summed E-state index contributed by atoms with van der Waals surface area (Å²) in [5.41, 5.74) is 7.38.